The lowest BCUT2D eigenvalue weighted by Crippen LogP contribution is -2.63. The molecule has 0 bridgehead atoms. The molecular weight excluding hydrogens is 224 g/mol. The Hall–Kier alpha value is -0.850. The number of ketones is 1. The van der Waals surface area contributed by atoms with E-state index in [1.807, 2.05) is 0 Å². The topological polar surface area (TPSA) is 89.9 Å². The van der Waals surface area contributed by atoms with E-state index in [0.29, 0.717) is 6.54 Å². The molecule has 1 rings (SSSR count). The third-order valence-electron chi connectivity index (χ3n) is 2.38. The standard InChI is InChI=1S/C8H13ClN2O4/c9-3-6(13)7-5(4-12)10-1-2-11(7)8(14)15/h5,7,10,12H,1-4H2,(H,14,15). The molecular formula is C8H13ClN2O4. The van der Waals surface area contributed by atoms with E-state index in [1.165, 1.54) is 0 Å². The summed E-state index contributed by atoms with van der Waals surface area (Å²) in [6.45, 7) is 0.347. The van der Waals surface area contributed by atoms with Gasteiger partial charge in [-0.2, -0.15) is 0 Å². The molecule has 1 heterocycles. The molecule has 2 unspecified atom stereocenters. The SMILES string of the molecule is O=C(CCl)C1C(CO)NCCN1C(=O)O. The molecule has 1 saturated heterocycles. The van der Waals surface area contributed by atoms with Gasteiger partial charge in [0.05, 0.1) is 18.5 Å². The first-order chi connectivity index (χ1) is 7.11. The smallest absolute Gasteiger partial charge is 0.408 e. The summed E-state index contributed by atoms with van der Waals surface area (Å²) < 4.78 is 0. The zero-order chi connectivity index (χ0) is 11.4. The van der Waals surface area contributed by atoms with Crippen molar-refractivity contribution in [1.82, 2.24) is 10.2 Å². The first-order valence-electron chi connectivity index (χ1n) is 4.54. The maximum atomic E-state index is 11.5. The Balaban J connectivity index is 2.85. The molecule has 1 fully saturated rings. The molecule has 86 valence electrons. The molecule has 6 nitrogen and oxygen atoms in total. The second-order valence-electron chi connectivity index (χ2n) is 3.26. The van der Waals surface area contributed by atoms with E-state index >= 15 is 0 Å². The summed E-state index contributed by atoms with van der Waals surface area (Å²) in [5, 5.41) is 20.8. The molecule has 2 atom stereocenters. The Kier molecular flexibility index (Phi) is 4.31. The maximum absolute atomic E-state index is 11.5. The number of hydrogen-bond acceptors (Lipinski definition) is 4. The highest BCUT2D eigenvalue weighted by molar-refractivity contribution is 6.28. The van der Waals surface area contributed by atoms with Crippen LogP contribution in [0.15, 0.2) is 0 Å². The molecule has 0 spiro atoms. The van der Waals surface area contributed by atoms with Crippen molar-refractivity contribution in [1.29, 1.82) is 0 Å². The summed E-state index contributed by atoms with van der Waals surface area (Å²) in [6, 6.07) is -1.46. The number of carbonyl (C=O) groups excluding carboxylic acids is 1. The number of alkyl halides is 1. The number of aliphatic hydroxyl groups is 1. The van der Waals surface area contributed by atoms with Gasteiger partial charge in [0.15, 0.2) is 5.78 Å². The third kappa shape index (κ3) is 2.58. The van der Waals surface area contributed by atoms with Crippen LogP contribution in [0.2, 0.25) is 0 Å². The van der Waals surface area contributed by atoms with Gasteiger partial charge in [-0.25, -0.2) is 4.79 Å². The van der Waals surface area contributed by atoms with Gasteiger partial charge in [0.1, 0.15) is 6.04 Å². The van der Waals surface area contributed by atoms with E-state index < -0.39 is 24.0 Å². The highest BCUT2D eigenvalue weighted by atomic mass is 35.5. The molecule has 15 heavy (non-hydrogen) atoms. The summed E-state index contributed by atoms with van der Waals surface area (Å²) in [4.78, 5) is 23.3. The van der Waals surface area contributed by atoms with Gasteiger partial charge in [-0.3, -0.25) is 9.69 Å². The largest absolute Gasteiger partial charge is 0.465 e. The Morgan fingerprint density at radius 2 is 2.20 bits per heavy atom. The molecule has 1 aliphatic rings. The zero-order valence-electron chi connectivity index (χ0n) is 8.02. The Morgan fingerprint density at radius 3 is 2.67 bits per heavy atom. The summed E-state index contributed by atoms with van der Waals surface area (Å²) >= 11 is 5.40. The monoisotopic (exact) mass is 236 g/mol. The maximum Gasteiger partial charge on any atom is 0.408 e. The Morgan fingerprint density at radius 1 is 1.53 bits per heavy atom. The van der Waals surface area contributed by atoms with Crippen LogP contribution in [0.4, 0.5) is 4.79 Å². The lowest BCUT2D eigenvalue weighted by atomic mass is 10.0. The van der Waals surface area contributed by atoms with Crippen LogP contribution in [-0.2, 0) is 4.79 Å². The average molecular weight is 237 g/mol. The van der Waals surface area contributed by atoms with Gasteiger partial charge >= 0.3 is 6.09 Å². The number of piperazine rings is 1. The van der Waals surface area contributed by atoms with Crippen LogP contribution in [0.3, 0.4) is 0 Å². The number of rotatable bonds is 3. The van der Waals surface area contributed by atoms with Crippen LogP contribution in [0.1, 0.15) is 0 Å². The molecule has 1 amide bonds. The molecule has 0 aliphatic carbocycles. The van der Waals surface area contributed by atoms with Crippen molar-refractivity contribution in [2.75, 3.05) is 25.6 Å². The minimum atomic E-state index is -1.17. The van der Waals surface area contributed by atoms with Gasteiger partial charge in [-0.15, -0.1) is 11.6 Å². The van der Waals surface area contributed by atoms with E-state index in [2.05, 4.69) is 5.32 Å². The van der Waals surface area contributed by atoms with E-state index in [9.17, 15) is 9.59 Å². The molecule has 1 aliphatic heterocycles. The Bertz CT molecular complexity index is 261. The van der Waals surface area contributed by atoms with Crippen LogP contribution in [0, 0.1) is 0 Å². The predicted octanol–water partition coefficient (Wildman–Crippen LogP) is -0.893. The molecule has 7 heteroatoms. The van der Waals surface area contributed by atoms with Crippen molar-refractivity contribution in [3.05, 3.63) is 0 Å². The number of carbonyl (C=O) groups is 2. The van der Waals surface area contributed by atoms with Crippen LogP contribution in [0.5, 0.6) is 0 Å². The first-order valence-corrected chi connectivity index (χ1v) is 5.07. The van der Waals surface area contributed by atoms with Crippen molar-refractivity contribution in [2.24, 2.45) is 0 Å². The van der Waals surface area contributed by atoms with E-state index in [4.69, 9.17) is 21.8 Å². The second-order valence-corrected chi connectivity index (χ2v) is 3.53. The molecule has 0 saturated carbocycles. The van der Waals surface area contributed by atoms with E-state index in [1.54, 1.807) is 0 Å². The number of aliphatic hydroxyl groups excluding tert-OH is 1. The van der Waals surface area contributed by atoms with Crippen LogP contribution in [0.25, 0.3) is 0 Å². The number of amides is 1. The van der Waals surface area contributed by atoms with Crippen molar-refractivity contribution in [3.8, 4) is 0 Å². The van der Waals surface area contributed by atoms with Gasteiger partial charge in [0, 0.05) is 13.1 Å². The zero-order valence-corrected chi connectivity index (χ0v) is 8.78. The fourth-order valence-electron chi connectivity index (χ4n) is 1.69. The lowest BCUT2D eigenvalue weighted by molar-refractivity contribution is -0.123. The first kappa shape index (κ1) is 12.2. The van der Waals surface area contributed by atoms with Crippen molar-refractivity contribution < 1.29 is 19.8 Å². The number of nitrogens with zero attached hydrogens (tertiary/aromatic N) is 1. The van der Waals surface area contributed by atoms with E-state index in [0.717, 1.165) is 4.90 Å². The van der Waals surface area contributed by atoms with Crippen LogP contribution in [-0.4, -0.2) is 64.6 Å². The quantitative estimate of drug-likeness (QED) is 0.553. The predicted molar refractivity (Wildman–Crippen MR) is 53.1 cm³/mol. The van der Waals surface area contributed by atoms with Crippen LogP contribution >= 0.6 is 11.6 Å². The normalized spacial score (nSPS) is 26.4. The summed E-state index contributed by atoms with van der Waals surface area (Å²) in [6.07, 6.45) is -1.17. The van der Waals surface area contributed by atoms with E-state index in [-0.39, 0.29) is 19.0 Å². The van der Waals surface area contributed by atoms with Gasteiger partial charge < -0.3 is 15.5 Å². The molecule has 0 aromatic rings. The number of carboxylic acid groups (broad SMARTS) is 1. The average Bonchev–Trinajstić information content (AvgIpc) is 2.26. The van der Waals surface area contributed by atoms with Crippen molar-refractivity contribution >= 4 is 23.5 Å². The summed E-state index contributed by atoms with van der Waals surface area (Å²) in [5.74, 6) is -0.655. The summed E-state index contributed by atoms with van der Waals surface area (Å²) in [5.41, 5.74) is 0. The summed E-state index contributed by atoms with van der Waals surface area (Å²) in [7, 11) is 0. The van der Waals surface area contributed by atoms with Gasteiger partial charge in [0.2, 0.25) is 0 Å². The third-order valence-corrected chi connectivity index (χ3v) is 2.64. The van der Waals surface area contributed by atoms with Crippen molar-refractivity contribution in [3.63, 3.8) is 0 Å². The van der Waals surface area contributed by atoms with Gasteiger partial charge in [-0.05, 0) is 0 Å². The molecule has 3 N–H and O–H groups in total. The highest BCUT2D eigenvalue weighted by Crippen LogP contribution is 2.11. The minimum Gasteiger partial charge on any atom is -0.465 e. The molecule has 0 aromatic heterocycles. The highest BCUT2D eigenvalue weighted by Gasteiger charge is 2.38. The molecule has 0 aromatic carbocycles. The van der Waals surface area contributed by atoms with Crippen molar-refractivity contribution in [2.45, 2.75) is 12.1 Å². The number of halogens is 1. The second kappa shape index (κ2) is 5.29. The van der Waals surface area contributed by atoms with Crippen LogP contribution < -0.4 is 5.32 Å². The fourth-order valence-corrected chi connectivity index (χ4v) is 1.85. The van der Waals surface area contributed by atoms with Gasteiger partial charge in [0.25, 0.3) is 0 Å². The number of Topliss-reactive ketones (excluding diaryl/α,β-unsaturated/α-hetero) is 1. The fraction of sp³-hybridized carbons (Fsp3) is 0.750. The lowest BCUT2D eigenvalue weighted by Gasteiger charge is -2.38. The Labute approximate surface area is 91.8 Å². The minimum absolute atomic E-state index is 0.221. The van der Waals surface area contributed by atoms with Gasteiger partial charge in [-0.1, -0.05) is 0 Å². The number of nitrogens with one attached hydrogen (secondary N) is 1. The molecule has 0 radical (unpaired) electrons. The number of hydrogen-bond donors (Lipinski definition) is 3.